The van der Waals surface area contributed by atoms with Gasteiger partial charge in [0.15, 0.2) is 0 Å². The zero-order valence-electron chi connectivity index (χ0n) is 31.7. The molecule has 4 heteroatoms. The molecule has 276 valence electrons. The van der Waals surface area contributed by atoms with Crippen molar-refractivity contribution in [1.29, 1.82) is 0 Å². The Kier molecular flexibility index (Phi) is 25.2. The molecule has 48 heavy (non-hydrogen) atoms. The lowest BCUT2D eigenvalue weighted by atomic mass is 9.96. The lowest BCUT2D eigenvalue weighted by Gasteiger charge is -2.13. The second kappa shape index (κ2) is 28.3. The summed E-state index contributed by atoms with van der Waals surface area (Å²) in [4.78, 5) is 0.104. The average Bonchev–Trinajstić information content (AvgIpc) is 3.07. The molecule has 2 aromatic carbocycles. The van der Waals surface area contributed by atoms with Gasteiger partial charge >= 0.3 is 0 Å². The van der Waals surface area contributed by atoms with E-state index >= 15 is 0 Å². The van der Waals surface area contributed by atoms with E-state index in [1.807, 2.05) is 12.1 Å². The number of benzene rings is 2. The highest BCUT2D eigenvalue weighted by atomic mass is 32.2. The van der Waals surface area contributed by atoms with Crippen molar-refractivity contribution in [2.45, 2.75) is 224 Å². The first-order valence-electron chi connectivity index (χ1n) is 21.0. The molecule has 0 saturated carbocycles. The minimum absolute atomic E-state index is 0.104. The molecule has 0 unspecified atom stereocenters. The molecular weight excluding hydrogens is 609 g/mol. The highest BCUT2D eigenvalue weighted by Gasteiger charge is 2.18. The quantitative estimate of drug-likeness (QED) is 0.0601. The van der Waals surface area contributed by atoms with Crippen molar-refractivity contribution in [3.63, 3.8) is 0 Å². The Bertz CT molecular complexity index is 1160. The van der Waals surface area contributed by atoms with E-state index in [0.717, 1.165) is 47.6 Å². The molecule has 0 amide bonds. The van der Waals surface area contributed by atoms with Gasteiger partial charge in [-0.25, -0.2) is 0 Å². The summed E-state index contributed by atoms with van der Waals surface area (Å²) in [6, 6.07) is 10.0. The fourth-order valence-corrected chi connectivity index (χ4v) is 8.27. The summed E-state index contributed by atoms with van der Waals surface area (Å²) in [5.74, 6) is 0. The van der Waals surface area contributed by atoms with Crippen LogP contribution in [-0.2, 0) is 23.0 Å². The maximum atomic E-state index is 12.5. The van der Waals surface area contributed by atoms with Gasteiger partial charge in [0, 0.05) is 5.39 Å². The first kappa shape index (κ1) is 42.8. The number of hydrogen-bond acceptors (Lipinski definition) is 2. The van der Waals surface area contributed by atoms with Gasteiger partial charge in [-0.3, -0.25) is 4.55 Å². The first-order valence-corrected chi connectivity index (χ1v) is 22.4. The fraction of sp³-hybridized carbons (Fsp3) is 0.773. The largest absolute Gasteiger partial charge is 0.295 e. The highest BCUT2D eigenvalue weighted by Crippen LogP contribution is 2.30. The van der Waals surface area contributed by atoms with E-state index in [0.29, 0.717) is 0 Å². The Labute approximate surface area is 298 Å². The lowest BCUT2D eigenvalue weighted by Crippen LogP contribution is -2.03. The number of unbranched alkanes of at least 4 members (excludes halogenated alkanes) is 28. The van der Waals surface area contributed by atoms with Gasteiger partial charge in [0.2, 0.25) is 0 Å². The van der Waals surface area contributed by atoms with Gasteiger partial charge in [0.25, 0.3) is 10.1 Å². The van der Waals surface area contributed by atoms with Crippen LogP contribution in [0.1, 0.15) is 218 Å². The average molecular weight is 685 g/mol. The third-order valence-electron chi connectivity index (χ3n) is 10.5. The zero-order valence-corrected chi connectivity index (χ0v) is 32.5. The van der Waals surface area contributed by atoms with E-state index in [4.69, 9.17) is 0 Å². The van der Waals surface area contributed by atoms with Crippen molar-refractivity contribution in [1.82, 2.24) is 0 Å². The van der Waals surface area contributed by atoms with Crippen LogP contribution < -0.4 is 0 Å². The van der Waals surface area contributed by atoms with Crippen LogP contribution in [0, 0.1) is 0 Å². The maximum Gasteiger partial charge on any atom is 0.295 e. The van der Waals surface area contributed by atoms with Crippen LogP contribution in [0.2, 0.25) is 0 Å². The second-order valence-electron chi connectivity index (χ2n) is 15.0. The molecule has 0 bridgehead atoms. The molecule has 0 fully saturated rings. The van der Waals surface area contributed by atoms with E-state index in [-0.39, 0.29) is 4.90 Å². The minimum atomic E-state index is -4.29. The van der Waals surface area contributed by atoms with Crippen LogP contribution in [0.4, 0.5) is 0 Å². The van der Waals surface area contributed by atoms with E-state index in [9.17, 15) is 13.0 Å². The minimum Gasteiger partial charge on any atom is -0.282 e. The Morgan fingerprint density at radius 2 is 0.812 bits per heavy atom. The number of fused-ring (bicyclic) bond motifs is 1. The van der Waals surface area contributed by atoms with Gasteiger partial charge < -0.3 is 0 Å². The Morgan fingerprint density at radius 3 is 1.19 bits per heavy atom. The van der Waals surface area contributed by atoms with Crippen molar-refractivity contribution in [2.24, 2.45) is 0 Å². The molecule has 0 aliphatic rings. The van der Waals surface area contributed by atoms with Crippen LogP contribution >= 0.6 is 0 Å². The topological polar surface area (TPSA) is 54.4 Å². The zero-order chi connectivity index (χ0) is 34.5. The summed E-state index contributed by atoms with van der Waals surface area (Å²) < 4.78 is 35.3. The Morgan fingerprint density at radius 1 is 0.458 bits per heavy atom. The molecule has 0 heterocycles. The molecule has 0 aliphatic carbocycles. The van der Waals surface area contributed by atoms with Crippen molar-refractivity contribution < 1.29 is 13.0 Å². The molecule has 2 rings (SSSR count). The molecule has 0 aromatic heterocycles. The van der Waals surface area contributed by atoms with E-state index in [1.54, 1.807) is 6.07 Å². The standard InChI is InChI=1S/C44H76O3S/c1-3-5-7-9-11-13-15-17-19-21-23-25-27-29-31-34-40-38-42-37-33-36-41(44(42)43(39-40)48(45,46)47)35-32-30-28-26-24-22-20-18-16-14-12-10-8-6-4-2/h33,36-39H,3-32,34-35H2,1-2H3,(H,45,46,47). The maximum absolute atomic E-state index is 12.5. The van der Waals surface area contributed by atoms with Gasteiger partial charge in [-0.15, -0.1) is 0 Å². The van der Waals surface area contributed by atoms with Crippen LogP contribution in [-0.4, -0.2) is 13.0 Å². The van der Waals surface area contributed by atoms with Gasteiger partial charge in [-0.1, -0.05) is 218 Å². The summed E-state index contributed by atoms with van der Waals surface area (Å²) >= 11 is 0. The summed E-state index contributed by atoms with van der Waals surface area (Å²) in [5.41, 5.74) is 2.07. The Balaban J connectivity index is 1.64. The SMILES string of the molecule is CCCCCCCCCCCCCCCCCc1cc(S(=O)(=O)O)c2c(CCCCCCCCCCCCCCCCC)cccc2c1. The van der Waals surface area contributed by atoms with Gasteiger partial charge in [-0.05, 0) is 48.3 Å². The fourth-order valence-electron chi connectivity index (χ4n) is 7.47. The number of hydrogen-bond donors (Lipinski definition) is 1. The number of rotatable bonds is 33. The van der Waals surface area contributed by atoms with Crippen LogP contribution in [0.5, 0.6) is 0 Å². The summed E-state index contributed by atoms with van der Waals surface area (Å²) in [6.07, 6.45) is 41.8. The molecule has 0 atom stereocenters. The first-order chi connectivity index (χ1) is 23.5. The smallest absolute Gasteiger partial charge is 0.282 e. The normalized spacial score (nSPS) is 12.0. The summed E-state index contributed by atoms with van der Waals surface area (Å²) in [6.45, 7) is 4.56. The predicted octanol–water partition coefficient (Wildman–Crippen LogP) is 14.9. The molecule has 2 aromatic rings. The van der Waals surface area contributed by atoms with Gasteiger partial charge in [-0.2, -0.15) is 8.42 Å². The highest BCUT2D eigenvalue weighted by molar-refractivity contribution is 7.86. The summed E-state index contributed by atoms with van der Waals surface area (Å²) in [5, 5.41) is 1.67. The van der Waals surface area contributed by atoms with E-state index in [2.05, 4.69) is 26.0 Å². The second-order valence-corrected chi connectivity index (χ2v) is 16.4. The van der Waals surface area contributed by atoms with Gasteiger partial charge in [0.05, 0.1) is 0 Å². The molecule has 0 spiro atoms. The van der Waals surface area contributed by atoms with E-state index < -0.39 is 10.1 Å². The van der Waals surface area contributed by atoms with E-state index in [1.165, 1.54) is 180 Å². The monoisotopic (exact) mass is 685 g/mol. The van der Waals surface area contributed by atoms with Crippen LogP contribution in [0.25, 0.3) is 10.8 Å². The molecule has 0 saturated heterocycles. The van der Waals surface area contributed by atoms with Gasteiger partial charge in [0.1, 0.15) is 4.90 Å². The van der Waals surface area contributed by atoms with Crippen molar-refractivity contribution in [3.8, 4) is 0 Å². The van der Waals surface area contributed by atoms with Crippen molar-refractivity contribution >= 4 is 20.9 Å². The molecule has 0 radical (unpaired) electrons. The van der Waals surface area contributed by atoms with Crippen LogP contribution in [0.15, 0.2) is 35.2 Å². The third kappa shape index (κ3) is 20.3. The third-order valence-corrected chi connectivity index (χ3v) is 11.4. The Hall–Kier alpha value is -1.39. The number of aryl methyl sites for hydroxylation is 2. The summed E-state index contributed by atoms with van der Waals surface area (Å²) in [7, 11) is -4.29. The predicted molar refractivity (Wildman–Crippen MR) is 211 cm³/mol. The van der Waals surface area contributed by atoms with Crippen LogP contribution in [0.3, 0.4) is 0 Å². The molecule has 0 aliphatic heterocycles. The lowest BCUT2D eigenvalue weighted by molar-refractivity contribution is 0.484. The molecular formula is C44H76O3S. The molecule has 1 N–H and O–H groups in total. The molecule has 3 nitrogen and oxygen atoms in total. The van der Waals surface area contributed by atoms with Crippen molar-refractivity contribution in [3.05, 3.63) is 41.5 Å². The van der Waals surface area contributed by atoms with Crippen molar-refractivity contribution in [2.75, 3.05) is 0 Å².